The van der Waals surface area contributed by atoms with Crippen molar-refractivity contribution in [2.24, 2.45) is 0 Å². The number of nitrogens with one attached hydrogen (secondary N) is 2. The van der Waals surface area contributed by atoms with Gasteiger partial charge in [0.05, 0.1) is 6.04 Å². The molecule has 0 saturated carbocycles. The number of carbonyl (C=O) groups is 2. The molecule has 3 rings (SSSR count). The molecule has 3 amide bonds. The van der Waals surface area contributed by atoms with Crippen molar-refractivity contribution in [1.82, 2.24) is 15.5 Å². The van der Waals surface area contributed by atoms with Crippen molar-refractivity contribution in [2.45, 2.75) is 45.6 Å². The zero-order chi connectivity index (χ0) is 21.3. The van der Waals surface area contributed by atoms with Crippen LogP contribution in [-0.4, -0.2) is 68.8 Å². The Kier molecular flexibility index (Phi) is 8.19. The summed E-state index contributed by atoms with van der Waals surface area (Å²) >= 11 is 0. The molecule has 1 fully saturated rings. The number of nitrogens with zero attached hydrogens (tertiary/aromatic N) is 2. The maximum Gasteiger partial charge on any atom is 0.315 e. The molecule has 8 nitrogen and oxygen atoms in total. The summed E-state index contributed by atoms with van der Waals surface area (Å²) in [4.78, 5) is 28.8. The third kappa shape index (κ3) is 6.01. The highest BCUT2D eigenvalue weighted by Gasteiger charge is 2.32. The van der Waals surface area contributed by atoms with E-state index >= 15 is 0 Å². The molecule has 2 aliphatic heterocycles. The standard InChI is InChI=1S/C22H34N4O4/c1-3-9-25(10-4-2)11-5-8-23-22(28)24-17-14-21(27)26(16-17)18-6-7-19-20(15-18)30-13-12-29-19/h6-7,15,17H,3-5,8-14,16H2,1-2H3,(H2,23,24,28)/t17-/m0/s1. The number of hydrogen-bond acceptors (Lipinski definition) is 5. The number of urea groups is 1. The fourth-order valence-electron chi connectivity index (χ4n) is 3.96. The van der Waals surface area contributed by atoms with Crippen molar-refractivity contribution in [3.63, 3.8) is 0 Å². The van der Waals surface area contributed by atoms with Gasteiger partial charge < -0.3 is 29.9 Å². The Morgan fingerprint density at radius 2 is 1.87 bits per heavy atom. The van der Waals surface area contributed by atoms with Gasteiger partial charge in [-0.1, -0.05) is 13.8 Å². The molecule has 2 N–H and O–H groups in total. The molecule has 0 spiro atoms. The summed E-state index contributed by atoms with van der Waals surface area (Å²) in [6.07, 6.45) is 3.50. The number of rotatable bonds is 10. The third-order valence-corrected chi connectivity index (χ3v) is 5.31. The summed E-state index contributed by atoms with van der Waals surface area (Å²) < 4.78 is 11.1. The van der Waals surface area contributed by atoms with E-state index in [1.54, 1.807) is 4.90 Å². The Morgan fingerprint density at radius 3 is 2.60 bits per heavy atom. The SMILES string of the molecule is CCCN(CCC)CCCNC(=O)N[C@H]1CC(=O)N(c2ccc3c(c2)OCCO3)C1. The number of fused-ring (bicyclic) bond motifs is 1. The van der Waals surface area contributed by atoms with E-state index in [4.69, 9.17) is 9.47 Å². The molecule has 0 aromatic heterocycles. The van der Waals surface area contributed by atoms with Crippen molar-refractivity contribution in [1.29, 1.82) is 0 Å². The van der Waals surface area contributed by atoms with Crippen molar-refractivity contribution in [3.8, 4) is 11.5 Å². The monoisotopic (exact) mass is 418 g/mol. The summed E-state index contributed by atoms with van der Waals surface area (Å²) in [5, 5.41) is 5.84. The lowest BCUT2D eigenvalue weighted by Crippen LogP contribution is -2.44. The van der Waals surface area contributed by atoms with Gasteiger partial charge in [0.1, 0.15) is 13.2 Å². The van der Waals surface area contributed by atoms with Crippen molar-refractivity contribution >= 4 is 17.6 Å². The first-order valence-electron chi connectivity index (χ1n) is 11.1. The second-order valence-corrected chi connectivity index (χ2v) is 7.83. The number of hydrogen-bond donors (Lipinski definition) is 2. The smallest absolute Gasteiger partial charge is 0.315 e. The van der Waals surface area contributed by atoms with Gasteiger partial charge in [-0.25, -0.2) is 4.79 Å². The molecular weight excluding hydrogens is 384 g/mol. The van der Waals surface area contributed by atoms with Gasteiger partial charge in [-0.05, 0) is 51.0 Å². The maximum absolute atomic E-state index is 12.5. The minimum Gasteiger partial charge on any atom is -0.486 e. The molecule has 0 aliphatic carbocycles. The van der Waals surface area contributed by atoms with Crippen LogP contribution in [0.5, 0.6) is 11.5 Å². The predicted octanol–water partition coefficient (Wildman–Crippen LogP) is 2.37. The van der Waals surface area contributed by atoms with Crippen LogP contribution in [0.4, 0.5) is 10.5 Å². The summed E-state index contributed by atoms with van der Waals surface area (Å²) in [6.45, 7) is 9.67. The number of carbonyl (C=O) groups excluding carboxylic acids is 2. The second-order valence-electron chi connectivity index (χ2n) is 7.83. The average Bonchev–Trinajstić information content (AvgIpc) is 3.11. The van der Waals surface area contributed by atoms with Crippen molar-refractivity contribution < 1.29 is 19.1 Å². The fraction of sp³-hybridized carbons (Fsp3) is 0.636. The molecule has 1 aromatic carbocycles. The van der Waals surface area contributed by atoms with Gasteiger partial charge in [0, 0.05) is 31.3 Å². The molecule has 1 aromatic rings. The lowest BCUT2D eigenvalue weighted by molar-refractivity contribution is -0.117. The molecule has 0 bridgehead atoms. The minimum atomic E-state index is -0.214. The Balaban J connectivity index is 1.42. The van der Waals surface area contributed by atoms with Crippen LogP contribution in [0.15, 0.2) is 18.2 Å². The van der Waals surface area contributed by atoms with Gasteiger partial charge in [-0.2, -0.15) is 0 Å². The first-order valence-corrected chi connectivity index (χ1v) is 11.1. The molecule has 166 valence electrons. The Bertz CT molecular complexity index is 721. The minimum absolute atomic E-state index is 0.00764. The quantitative estimate of drug-likeness (QED) is 0.570. The highest BCUT2D eigenvalue weighted by Crippen LogP contribution is 2.35. The Labute approximate surface area is 178 Å². The van der Waals surface area contributed by atoms with Crippen molar-refractivity contribution in [2.75, 3.05) is 50.8 Å². The molecule has 30 heavy (non-hydrogen) atoms. The van der Waals surface area contributed by atoms with Gasteiger partial charge in [0.2, 0.25) is 5.91 Å². The molecule has 0 radical (unpaired) electrons. The molecule has 2 aliphatic rings. The largest absolute Gasteiger partial charge is 0.486 e. The first kappa shape index (κ1) is 22.2. The van der Waals surface area contributed by atoms with Gasteiger partial charge in [0.25, 0.3) is 0 Å². The normalized spacial score (nSPS) is 18.0. The van der Waals surface area contributed by atoms with Gasteiger partial charge in [-0.3, -0.25) is 4.79 Å². The number of amides is 3. The highest BCUT2D eigenvalue weighted by atomic mass is 16.6. The topological polar surface area (TPSA) is 83.1 Å². The van der Waals surface area contributed by atoms with E-state index in [9.17, 15) is 9.59 Å². The molecule has 1 saturated heterocycles. The Hall–Kier alpha value is -2.48. The fourth-order valence-corrected chi connectivity index (χ4v) is 3.96. The van der Waals surface area contributed by atoms with Crippen LogP contribution in [0.3, 0.4) is 0 Å². The molecule has 0 unspecified atom stereocenters. The highest BCUT2D eigenvalue weighted by molar-refractivity contribution is 5.97. The number of benzene rings is 1. The van der Waals surface area contributed by atoms with Gasteiger partial charge in [0.15, 0.2) is 11.5 Å². The average molecular weight is 419 g/mol. The van der Waals surface area contributed by atoms with Crippen LogP contribution in [0.25, 0.3) is 0 Å². The van der Waals surface area contributed by atoms with Gasteiger partial charge >= 0.3 is 6.03 Å². The van der Waals surface area contributed by atoms with Crippen LogP contribution in [0.2, 0.25) is 0 Å². The van der Waals surface area contributed by atoms with E-state index in [0.717, 1.165) is 44.6 Å². The summed E-state index contributed by atoms with van der Waals surface area (Å²) in [6, 6.07) is 5.08. The number of ether oxygens (including phenoxy) is 2. The number of anilines is 1. The van der Waals surface area contributed by atoms with E-state index in [2.05, 4.69) is 29.4 Å². The Morgan fingerprint density at radius 1 is 1.13 bits per heavy atom. The van der Waals surface area contributed by atoms with Crippen LogP contribution < -0.4 is 25.0 Å². The molecular formula is C22H34N4O4. The van der Waals surface area contributed by atoms with Crippen LogP contribution in [-0.2, 0) is 4.79 Å². The summed E-state index contributed by atoms with van der Waals surface area (Å²) in [5.74, 6) is 1.34. The second kappa shape index (κ2) is 11.1. The zero-order valence-electron chi connectivity index (χ0n) is 18.1. The molecule has 8 heteroatoms. The van der Waals surface area contributed by atoms with Crippen LogP contribution in [0.1, 0.15) is 39.5 Å². The van der Waals surface area contributed by atoms with E-state index in [1.165, 1.54) is 0 Å². The summed E-state index contributed by atoms with van der Waals surface area (Å²) in [5.41, 5.74) is 0.765. The van der Waals surface area contributed by atoms with Crippen LogP contribution in [0, 0.1) is 0 Å². The predicted molar refractivity (Wildman–Crippen MR) is 116 cm³/mol. The van der Waals surface area contributed by atoms with Crippen LogP contribution >= 0.6 is 0 Å². The third-order valence-electron chi connectivity index (χ3n) is 5.31. The van der Waals surface area contributed by atoms with E-state index < -0.39 is 0 Å². The molecule has 1 atom stereocenters. The maximum atomic E-state index is 12.5. The zero-order valence-corrected chi connectivity index (χ0v) is 18.1. The lowest BCUT2D eigenvalue weighted by atomic mass is 10.2. The molecule has 2 heterocycles. The van der Waals surface area contributed by atoms with Gasteiger partial charge in [-0.15, -0.1) is 0 Å². The first-order chi connectivity index (χ1) is 14.6. The van der Waals surface area contributed by atoms with Crippen molar-refractivity contribution in [3.05, 3.63) is 18.2 Å². The lowest BCUT2D eigenvalue weighted by Gasteiger charge is -2.22. The van der Waals surface area contributed by atoms with E-state index in [0.29, 0.717) is 44.2 Å². The van der Waals surface area contributed by atoms with E-state index in [-0.39, 0.29) is 18.0 Å². The van der Waals surface area contributed by atoms with E-state index in [1.807, 2.05) is 18.2 Å². The summed E-state index contributed by atoms with van der Waals surface area (Å²) in [7, 11) is 0.